The summed E-state index contributed by atoms with van der Waals surface area (Å²) < 4.78 is 5.45. The van der Waals surface area contributed by atoms with Crippen LogP contribution in [0.25, 0.3) is 32.5 Å². The van der Waals surface area contributed by atoms with E-state index in [-0.39, 0.29) is 31.9 Å². The molecule has 0 atom stereocenters. The number of ketones is 1. The molecule has 234 valence electrons. The van der Waals surface area contributed by atoms with Crippen molar-refractivity contribution in [3.8, 4) is 5.75 Å². The second-order valence-electron chi connectivity index (χ2n) is 10.0. The minimum atomic E-state index is -0.628. The highest BCUT2D eigenvalue weighted by Crippen LogP contribution is 2.27. The maximum Gasteiger partial charge on any atom is 0.347 e. The number of carbonyl (C=O) groups is 2. The van der Waals surface area contributed by atoms with Crippen LogP contribution in [0.1, 0.15) is 41.1 Å². The van der Waals surface area contributed by atoms with Gasteiger partial charge < -0.3 is 20.2 Å². The van der Waals surface area contributed by atoms with Gasteiger partial charge in [0.1, 0.15) is 16.9 Å². The summed E-state index contributed by atoms with van der Waals surface area (Å²) in [4.78, 5) is 35.7. The molecular formula is C39H38N2O5. The van der Waals surface area contributed by atoms with Crippen molar-refractivity contribution in [3.63, 3.8) is 0 Å². The SMILES string of the molecule is C.C.C=CCNc1ccc2cc(C=O)c(O)cc2c1.C=CCNc1ccc2cc3cc(C(=O)c4ccccc4)c(=O)oc3cc2c1. The van der Waals surface area contributed by atoms with Crippen molar-refractivity contribution in [2.24, 2.45) is 0 Å². The third-order valence-corrected chi connectivity index (χ3v) is 6.99. The molecule has 0 amide bonds. The molecule has 7 nitrogen and oxygen atoms in total. The van der Waals surface area contributed by atoms with E-state index in [0.29, 0.717) is 41.5 Å². The van der Waals surface area contributed by atoms with E-state index in [1.807, 2.05) is 54.6 Å². The Morgan fingerprint density at radius 1 is 0.717 bits per heavy atom. The van der Waals surface area contributed by atoms with Gasteiger partial charge >= 0.3 is 5.63 Å². The summed E-state index contributed by atoms with van der Waals surface area (Å²) in [6, 6.07) is 29.1. The van der Waals surface area contributed by atoms with Gasteiger partial charge in [-0.15, -0.1) is 13.2 Å². The number of benzene rings is 5. The van der Waals surface area contributed by atoms with Crippen LogP contribution in [0, 0.1) is 0 Å². The summed E-state index contributed by atoms with van der Waals surface area (Å²) in [7, 11) is 0. The Kier molecular flexibility index (Phi) is 11.8. The van der Waals surface area contributed by atoms with Crippen LogP contribution in [-0.2, 0) is 0 Å². The van der Waals surface area contributed by atoms with Crippen LogP contribution in [-0.4, -0.2) is 30.3 Å². The van der Waals surface area contributed by atoms with Crippen LogP contribution in [0.5, 0.6) is 5.75 Å². The molecule has 0 unspecified atom stereocenters. The molecule has 46 heavy (non-hydrogen) atoms. The second-order valence-corrected chi connectivity index (χ2v) is 10.0. The number of phenolic OH excluding ortho intramolecular Hbond substituents is 1. The molecule has 0 bridgehead atoms. The van der Waals surface area contributed by atoms with Crippen molar-refractivity contribution in [2.75, 3.05) is 23.7 Å². The highest BCUT2D eigenvalue weighted by atomic mass is 16.4. The molecule has 7 heteroatoms. The standard InChI is InChI=1S/C23H17NO3.C14H13NO2.2CH4/c1-2-10-24-19-9-8-16-11-18-13-20(22(25)15-6-4-3-5-7-15)23(26)27-21(18)14-17(16)12-19;1-2-5-15-13-4-3-10-6-12(9-16)14(17)8-11(10)7-13;;/h2-9,11-14,24H,1,10H2;2-4,6-9,15,17H,1,5H2;2*1H4. The lowest BCUT2D eigenvalue weighted by Crippen LogP contribution is -2.14. The maximum absolute atomic E-state index is 12.6. The van der Waals surface area contributed by atoms with Gasteiger partial charge in [-0.2, -0.15) is 0 Å². The zero-order chi connectivity index (χ0) is 31.1. The lowest BCUT2D eigenvalue weighted by Gasteiger charge is -2.07. The Hall–Kier alpha value is -5.95. The molecular weight excluding hydrogens is 576 g/mol. The predicted octanol–water partition coefficient (Wildman–Crippen LogP) is 9.00. The van der Waals surface area contributed by atoms with Crippen LogP contribution in [0.3, 0.4) is 0 Å². The predicted molar refractivity (Wildman–Crippen MR) is 192 cm³/mol. The highest BCUT2D eigenvalue weighted by Gasteiger charge is 2.16. The molecule has 1 heterocycles. The molecule has 0 saturated carbocycles. The van der Waals surface area contributed by atoms with E-state index in [9.17, 15) is 19.5 Å². The van der Waals surface area contributed by atoms with Gasteiger partial charge in [0, 0.05) is 35.4 Å². The number of phenols is 1. The Morgan fingerprint density at radius 3 is 1.89 bits per heavy atom. The van der Waals surface area contributed by atoms with Gasteiger partial charge in [0.25, 0.3) is 0 Å². The van der Waals surface area contributed by atoms with E-state index in [1.165, 1.54) is 0 Å². The number of hydrogen-bond acceptors (Lipinski definition) is 7. The van der Waals surface area contributed by atoms with Gasteiger partial charge in [0.15, 0.2) is 12.1 Å². The largest absolute Gasteiger partial charge is 0.507 e. The number of rotatable bonds is 9. The van der Waals surface area contributed by atoms with Crippen molar-refractivity contribution in [1.29, 1.82) is 0 Å². The summed E-state index contributed by atoms with van der Waals surface area (Å²) in [6.07, 6.45) is 4.21. The summed E-state index contributed by atoms with van der Waals surface area (Å²) >= 11 is 0. The van der Waals surface area contributed by atoms with Crippen LogP contribution in [0.15, 0.2) is 132 Å². The zero-order valence-corrected chi connectivity index (χ0v) is 23.9. The van der Waals surface area contributed by atoms with E-state index >= 15 is 0 Å². The van der Waals surface area contributed by atoms with Crippen molar-refractivity contribution in [3.05, 3.63) is 149 Å². The van der Waals surface area contributed by atoms with Crippen molar-refractivity contribution >= 4 is 56.0 Å². The average Bonchev–Trinajstić information content (AvgIpc) is 3.05. The highest BCUT2D eigenvalue weighted by molar-refractivity contribution is 6.10. The van der Waals surface area contributed by atoms with Crippen LogP contribution >= 0.6 is 0 Å². The number of fused-ring (bicyclic) bond motifs is 3. The van der Waals surface area contributed by atoms with E-state index in [1.54, 1.807) is 54.6 Å². The molecule has 0 spiro atoms. The zero-order valence-electron chi connectivity index (χ0n) is 23.9. The van der Waals surface area contributed by atoms with E-state index < -0.39 is 5.63 Å². The van der Waals surface area contributed by atoms with Crippen molar-refractivity contribution in [2.45, 2.75) is 14.9 Å². The minimum absolute atomic E-state index is 0. The fraction of sp³-hybridized carbons (Fsp3) is 0.103. The molecule has 5 aromatic carbocycles. The Bertz CT molecular complexity index is 2080. The fourth-order valence-corrected chi connectivity index (χ4v) is 4.77. The van der Waals surface area contributed by atoms with Crippen molar-refractivity contribution in [1.82, 2.24) is 0 Å². The molecule has 0 saturated heterocycles. The van der Waals surface area contributed by atoms with Crippen molar-refractivity contribution < 1.29 is 19.1 Å². The Balaban J connectivity index is 0.000000264. The molecule has 0 aliphatic rings. The van der Waals surface area contributed by atoms with E-state index in [0.717, 1.165) is 32.9 Å². The van der Waals surface area contributed by atoms with Crippen LogP contribution in [0.2, 0.25) is 0 Å². The quantitative estimate of drug-likeness (QED) is 0.0490. The third-order valence-electron chi connectivity index (χ3n) is 6.99. The molecule has 6 aromatic rings. The lowest BCUT2D eigenvalue weighted by molar-refractivity contribution is 0.103. The van der Waals surface area contributed by atoms with Crippen LogP contribution in [0.4, 0.5) is 11.4 Å². The first kappa shape index (κ1) is 34.5. The number of aromatic hydroxyl groups is 1. The number of nitrogens with one attached hydrogen (secondary N) is 2. The summed E-state index contributed by atoms with van der Waals surface area (Å²) in [5, 5.41) is 20.5. The fourth-order valence-electron chi connectivity index (χ4n) is 4.77. The molecule has 1 aromatic heterocycles. The number of hydrogen-bond donors (Lipinski definition) is 3. The number of anilines is 2. The lowest BCUT2D eigenvalue weighted by atomic mass is 10.0. The molecule has 0 aliphatic heterocycles. The maximum atomic E-state index is 12.6. The van der Waals surface area contributed by atoms with Gasteiger partial charge in [0.2, 0.25) is 0 Å². The normalized spacial score (nSPS) is 10.1. The smallest absolute Gasteiger partial charge is 0.347 e. The number of carbonyl (C=O) groups excluding carboxylic acids is 2. The number of aldehydes is 1. The topological polar surface area (TPSA) is 109 Å². The third kappa shape index (κ3) is 7.76. The monoisotopic (exact) mass is 614 g/mol. The molecule has 0 radical (unpaired) electrons. The average molecular weight is 615 g/mol. The summed E-state index contributed by atoms with van der Waals surface area (Å²) in [5.74, 6) is -0.330. The first-order chi connectivity index (χ1) is 21.4. The second kappa shape index (κ2) is 15.7. The molecule has 3 N–H and O–H groups in total. The van der Waals surface area contributed by atoms with Gasteiger partial charge in [0.05, 0.1) is 5.56 Å². The molecule has 6 rings (SSSR count). The molecule has 0 aliphatic carbocycles. The Labute approximate surface area is 268 Å². The van der Waals surface area contributed by atoms with Gasteiger partial charge in [-0.25, -0.2) is 4.79 Å². The van der Waals surface area contributed by atoms with Gasteiger partial charge in [-0.05, 0) is 76.1 Å². The van der Waals surface area contributed by atoms with Crippen LogP contribution < -0.4 is 16.3 Å². The Morgan fingerprint density at radius 2 is 1.30 bits per heavy atom. The summed E-state index contributed by atoms with van der Waals surface area (Å²) in [5.41, 5.74) is 2.55. The van der Waals surface area contributed by atoms with E-state index in [4.69, 9.17) is 4.42 Å². The van der Waals surface area contributed by atoms with E-state index in [2.05, 4.69) is 23.8 Å². The first-order valence-corrected chi connectivity index (χ1v) is 13.9. The minimum Gasteiger partial charge on any atom is -0.507 e. The van der Waals surface area contributed by atoms with Gasteiger partial charge in [-0.1, -0.05) is 69.5 Å². The first-order valence-electron chi connectivity index (χ1n) is 13.9. The van der Waals surface area contributed by atoms with Gasteiger partial charge in [-0.3, -0.25) is 9.59 Å². The molecule has 0 fully saturated rings. The summed E-state index contributed by atoms with van der Waals surface area (Å²) in [6.45, 7) is 8.68.